The number of hydrogen-bond donors (Lipinski definition) is 2. The second-order valence-electron chi connectivity index (χ2n) is 6.49. The molecule has 0 saturated heterocycles. The number of nitrogens with two attached hydrogens (primary N) is 1. The van der Waals surface area contributed by atoms with Gasteiger partial charge < -0.3 is 11.1 Å². The number of amides is 2. The molecule has 3 aromatic rings. The third-order valence-electron chi connectivity index (χ3n) is 4.19. The number of rotatable bonds is 7. The molecule has 9 nitrogen and oxygen atoms in total. The Kier molecular flexibility index (Phi) is 5.77. The van der Waals surface area contributed by atoms with Crippen LogP contribution in [0.25, 0.3) is 5.82 Å². The number of aryl methyl sites for hydroxylation is 2. The lowest BCUT2D eigenvalue weighted by atomic mass is 10.0. The van der Waals surface area contributed by atoms with E-state index >= 15 is 0 Å². The average molecular weight is 392 g/mol. The van der Waals surface area contributed by atoms with E-state index in [0.717, 1.165) is 5.56 Å². The van der Waals surface area contributed by atoms with Crippen molar-refractivity contribution in [3.05, 3.63) is 71.4 Å². The molecule has 0 radical (unpaired) electrons. The Morgan fingerprint density at radius 1 is 1.14 bits per heavy atom. The van der Waals surface area contributed by atoms with E-state index in [1.165, 1.54) is 4.68 Å². The van der Waals surface area contributed by atoms with Crippen molar-refractivity contribution in [2.75, 3.05) is 0 Å². The summed E-state index contributed by atoms with van der Waals surface area (Å²) in [5.41, 5.74) is 6.72. The summed E-state index contributed by atoms with van der Waals surface area (Å²) in [6, 6.07) is 11.1. The molecule has 29 heavy (non-hydrogen) atoms. The summed E-state index contributed by atoms with van der Waals surface area (Å²) in [5, 5.41) is 6.91. The molecule has 0 fully saturated rings. The number of aromatic nitrogens is 4. The normalized spacial score (nSPS) is 11.7. The Balaban J connectivity index is 1.90. The van der Waals surface area contributed by atoms with Crippen molar-refractivity contribution in [2.24, 2.45) is 5.73 Å². The molecule has 148 valence electrons. The highest BCUT2D eigenvalue weighted by molar-refractivity contribution is 6.38. The molecule has 0 aliphatic heterocycles. The van der Waals surface area contributed by atoms with Crippen LogP contribution in [-0.4, -0.2) is 43.4 Å². The molecule has 0 aliphatic rings. The van der Waals surface area contributed by atoms with Crippen molar-refractivity contribution in [2.45, 2.75) is 26.3 Å². The van der Waals surface area contributed by atoms with Gasteiger partial charge in [0.1, 0.15) is 17.6 Å². The number of primary amides is 1. The maximum Gasteiger partial charge on any atom is 0.287 e. The molecular weight excluding hydrogens is 372 g/mol. The minimum Gasteiger partial charge on any atom is -0.363 e. The van der Waals surface area contributed by atoms with Crippen molar-refractivity contribution in [3.8, 4) is 5.82 Å². The second kappa shape index (κ2) is 8.42. The van der Waals surface area contributed by atoms with E-state index in [9.17, 15) is 14.4 Å². The van der Waals surface area contributed by atoms with Crippen molar-refractivity contribution in [1.29, 1.82) is 0 Å². The van der Waals surface area contributed by atoms with Gasteiger partial charge in [-0.1, -0.05) is 30.3 Å². The molecule has 1 aromatic carbocycles. The van der Waals surface area contributed by atoms with Crippen LogP contribution in [0.15, 0.2) is 48.7 Å². The predicted octanol–water partition coefficient (Wildman–Crippen LogP) is 0.675. The van der Waals surface area contributed by atoms with Gasteiger partial charge in [0, 0.05) is 18.7 Å². The zero-order valence-corrected chi connectivity index (χ0v) is 16.0. The zero-order chi connectivity index (χ0) is 21.0. The van der Waals surface area contributed by atoms with Crippen LogP contribution in [0.2, 0.25) is 0 Å². The van der Waals surface area contributed by atoms with Gasteiger partial charge in [-0.05, 0) is 25.5 Å². The van der Waals surface area contributed by atoms with Crippen molar-refractivity contribution >= 4 is 17.6 Å². The standard InChI is InChI=1S/C20H20N6O3/c1-12-10-16(26(25-12)17-8-9-22-13(2)23-17)20(29)24-15(18(27)19(21)28)11-14-6-4-3-5-7-14/h3-10,15H,11H2,1-2H3,(H2,21,28)(H,24,29)/t15-/m0/s1. The zero-order valence-electron chi connectivity index (χ0n) is 16.0. The number of Topliss-reactive ketones (excluding diaryl/α,β-unsaturated/α-hetero) is 1. The van der Waals surface area contributed by atoms with E-state index in [1.54, 1.807) is 56.4 Å². The van der Waals surface area contributed by atoms with Crippen molar-refractivity contribution in [1.82, 2.24) is 25.1 Å². The smallest absolute Gasteiger partial charge is 0.287 e. The Labute approximate surface area is 167 Å². The minimum absolute atomic E-state index is 0.133. The van der Waals surface area contributed by atoms with Gasteiger partial charge in [-0.2, -0.15) is 5.10 Å². The van der Waals surface area contributed by atoms with Gasteiger partial charge in [0.25, 0.3) is 11.8 Å². The quantitative estimate of drug-likeness (QED) is 0.568. The van der Waals surface area contributed by atoms with Crippen LogP contribution in [0.1, 0.15) is 27.6 Å². The predicted molar refractivity (Wildman–Crippen MR) is 104 cm³/mol. The lowest BCUT2D eigenvalue weighted by molar-refractivity contribution is -0.137. The largest absolute Gasteiger partial charge is 0.363 e. The topological polar surface area (TPSA) is 133 Å². The van der Waals surface area contributed by atoms with Crippen molar-refractivity contribution in [3.63, 3.8) is 0 Å². The van der Waals surface area contributed by atoms with Gasteiger partial charge in [0.15, 0.2) is 5.82 Å². The lowest BCUT2D eigenvalue weighted by Gasteiger charge is -2.16. The van der Waals surface area contributed by atoms with Crippen LogP contribution in [0.5, 0.6) is 0 Å². The van der Waals surface area contributed by atoms with Gasteiger partial charge in [-0.3, -0.25) is 14.4 Å². The average Bonchev–Trinajstić information content (AvgIpc) is 3.09. The van der Waals surface area contributed by atoms with Gasteiger partial charge in [0.05, 0.1) is 5.69 Å². The van der Waals surface area contributed by atoms with Crippen LogP contribution in [0.3, 0.4) is 0 Å². The fourth-order valence-electron chi connectivity index (χ4n) is 2.86. The van der Waals surface area contributed by atoms with Crippen molar-refractivity contribution < 1.29 is 14.4 Å². The lowest BCUT2D eigenvalue weighted by Crippen LogP contribution is -2.47. The highest BCUT2D eigenvalue weighted by Gasteiger charge is 2.27. The maximum absolute atomic E-state index is 12.9. The van der Waals surface area contributed by atoms with Crippen LogP contribution in [0.4, 0.5) is 0 Å². The molecule has 2 amide bonds. The Bertz CT molecular complexity index is 1060. The molecule has 3 N–H and O–H groups in total. The molecule has 2 aromatic heterocycles. The summed E-state index contributed by atoms with van der Waals surface area (Å²) in [6.07, 6.45) is 1.69. The number of carbonyl (C=O) groups excluding carboxylic acids is 3. The highest BCUT2D eigenvalue weighted by Crippen LogP contribution is 2.12. The third-order valence-corrected chi connectivity index (χ3v) is 4.19. The number of nitrogens with one attached hydrogen (secondary N) is 1. The highest BCUT2D eigenvalue weighted by atomic mass is 16.2. The van der Waals surface area contributed by atoms with E-state index in [1.807, 2.05) is 6.07 Å². The molecule has 0 unspecified atom stereocenters. The molecule has 2 heterocycles. The van der Waals surface area contributed by atoms with Crippen LogP contribution in [-0.2, 0) is 16.0 Å². The Hall–Kier alpha value is -3.88. The summed E-state index contributed by atoms with van der Waals surface area (Å²) in [7, 11) is 0. The Morgan fingerprint density at radius 3 is 2.52 bits per heavy atom. The van der Waals surface area contributed by atoms with Gasteiger partial charge >= 0.3 is 0 Å². The summed E-state index contributed by atoms with van der Waals surface area (Å²) >= 11 is 0. The van der Waals surface area contributed by atoms with E-state index in [0.29, 0.717) is 17.3 Å². The fraction of sp³-hybridized carbons (Fsp3) is 0.200. The summed E-state index contributed by atoms with van der Waals surface area (Å²) < 4.78 is 1.37. The molecule has 3 rings (SSSR count). The van der Waals surface area contributed by atoms with E-state index in [-0.39, 0.29) is 12.1 Å². The van der Waals surface area contributed by atoms with Crippen LogP contribution >= 0.6 is 0 Å². The first-order valence-electron chi connectivity index (χ1n) is 8.90. The van der Waals surface area contributed by atoms with E-state index in [4.69, 9.17) is 5.73 Å². The molecular formula is C20H20N6O3. The summed E-state index contributed by atoms with van der Waals surface area (Å²) in [5.74, 6) is -1.62. The molecule has 0 saturated carbocycles. The van der Waals surface area contributed by atoms with Gasteiger partial charge in [-0.15, -0.1) is 0 Å². The van der Waals surface area contributed by atoms with Gasteiger partial charge in [0.2, 0.25) is 5.78 Å². The number of benzene rings is 1. The minimum atomic E-state index is -1.11. The van der Waals surface area contributed by atoms with E-state index in [2.05, 4.69) is 20.4 Å². The molecule has 0 bridgehead atoms. The number of nitrogens with zero attached hydrogens (tertiary/aromatic N) is 4. The van der Waals surface area contributed by atoms with E-state index < -0.39 is 23.6 Å². The third kappa shape index (κ3) is 4.70. The monoisotopic (exact) mass is 392 g/mol. The summed E-state index contributed by atoms with van der Waals surface area (Å²) in [4.78, 5) is 45.0. The fourth-order valence-corrected chi connectivity index (χ4v) is 2.86. The van der Waals surface area contributed by atoms with Gasteiger partial charge in [-0.25, -0.2) is 14.6 Å². The second-order valence-corrected chi connectivity index (χ2v) is 6.49. The molecule has 1 atom stereocenters. The number of carbonyl (C=O) groups is 3. The maximum atomic E-state index is 12.9. The van der Waals surface area contributed by atoms with Crippen LogP contribution < -0.4 is 11.1 Å². The number of ketones is 1. The molecule has 9 heteroatoms. The SMILES string of the molecule is Cc1cc(C(=O)N[C@@H](Cc2ccccc2)C(=O)C(N)=O)n(-c2ccnc(C)n2)n1. The number of hydrogen-bond acceptors (Lipinski definition) is 6. The first kappa shape index (κ1) is 19.9. The molecule has 0 spiro atoms. The van der Waals surface area contributed by atoms with Crippen LogP contribution in [0, 0.1) is 13.8 Å². The first-order valence-corrected chi connectivity index (χ1v) is 8.90. The molecule has 0 aliphatic carbocycles. The summed E-state index contributed by atoms with van der Waals surface area (Å²) in [6.45, 7) is 3.46. The Morgan fingerprint density at radius 2 is 1.86 bits per heavy atom. The first-order chi connectivity index (χ1) is 13.8.